The van der Waals surface area contributed by atoms with E-state index in [9.17, 15) is 21.6 Å². The first-order chi connectivity index (χ1) is 17.9. The maximum absolute atomic E-state index is 13.1. The van der Waals surface area contributed by atoms with Crippen molar-refractivity contribution in [3.05, 3.63) is 87.9 Å². The van der Waals surface area contributed by atoms with E-state index in [4.69, 9.17) is 23.2 Å². The summed E-state index contributed by atoms with van der Waals surface area (Å²) >= 11 is 12.3. The highest BCUT2D eigenvalue weighted by atomic mass is 35.5. The van der Waals surface area contributed by atoms with Gasteiger partial charge in [0.2, 0.25) is 15.9 Å². The summed E-state index contributed by atoms with van der Waals surface area (Å²) in [6.45, 7) is 2.20. The molecule has 0 aromatic heterocycles. The van der Waals surface area contributed by atoms with Crippen LogP contribution in [0.25, 0.3) is 0 Å². The third kappa shape index (κ3) is 6.86. The summed E-state index contributed by atoms with van der Waals surface area (Å²) < 4.78 is 55.4. The number of nitrogens with one attached hydrogen (secondary N) is 2. The summed E-state index contributed by atoms with van der Waals surface area (Å²) in [6, 6.07) is 17.6. The van der Waals surface area contributed by atoms with Crippen LogP contribution in [0.1, 0.15) is 24.0 Å². The van der Waals surface area contributed by atoms with Crippen molar-refractivity contribution >= 4 is 60.5 Å². The molecule has 1 fully saturated rings. The van der Waals surface area contributed by atoms with Crippen LogP contribution in [0.2, 0.25) is 10.0 Å². The van der Waals surface area contributed by atoms with Crippen molar-refractivity contribution in [3.63, 3.8) is 0 Å². The van der Waals surface area contributed by atoms with E-state index in [-0.39, 0.29) is 33.1 Å². The van der Waals surface area contributed by atoms with Crippen LogP contribution in [0.5, 0.6) is 0 Å². The van der Waals surface area contributed by atoms with Crippen molar-refractivity contribution in [2.45, 2.75) is 30.4 Å². The van der Waals surface area contributed by atoms with E-state index in [1.807, 2.05) is 13.0 Å². The maximum atomic E-state index is 13.1. The highest BCUT2D eigenvalue weighted by Gasteiger charge is 2.33. The summed E-state index contributed by atoms with van der Waals surface area (Å²) in [7, 11) is -7.57. The van der Waals surface area contributed by atoms with Gasteiger partial charge in [0.25, 0.3) is 10.0 Å². The molecule has 1 heterocycles. The molecular formula is C26H27Cl2N3O5S2. The lowest BCUT2D eigenvalue weighted by Crippen LogP contribution is -2.44. The normalized spacial score (nSPS) is 16.7. The highest BCUT2D eigenvalue weighted by Crippen LogP contribution is 2.29. The van der Waals surface area contributed by atoms with Gasteiger partial charge >= 0.3 is 0 Å². The van der Waals surface area contributed by atoms with Crippen LogP contribution in [0.15, 0.2) is 71.6 Å². The number of hydrogen-bond donors (Lipinski definition) is 2. The molecule has 1 amide bonds. The Balaban J connectivity index is 1.40. The molecular weight excluding hydrogens is 569 g/mol. The van der Waals surface area contributed by atoms with Gasteiger partial charge in [-0.05, 0) is 73.9 Å². The molecule has 202 valence electrons. The molecule has 3 aromatic rings. The Hall–Kier alpha value is -2.63. The molecule has 0 radical (unpaired) electrons. The topological polar surface area (TPSA) is 113 Å². The van der Waals surface area contributed by atoms with Gasteiger partial charge in [0.1, 0.15) is 0 Å². The summed E-state index contributed by atoms with van der Waals surface area (Å²) in [5.74, 6) is -1.26. The minimum Gasteiger partial charge on any atom is -0.326 e. The Morgan fingerprint density at radius 1 is 0.947 bits per heavy atom. The second-order valence-corrected chi connectivity index (χ2v) is 13.6. The molecule has 0 unspecified atom stereocenters. The van der Waals surface area contributed by atoms with Crippen LogP contribution in [0.4, 0.5) is 11.4 Å². The standard InChI is InChI=1S/C26H27Cl2N3O5S2/c1-18-5-2-7-21(15-18)30-38(35,36)22-12-10-20(11-13-22)29-26(32)19-6-4-14-31(16-19)37(33,34)17-23-24(27)8-3-9-25(23)28/h2-3,5,7-13,15,19,30H,4,6,14,16-17H2,1H3,(H,29,32)/t19-/m1/s1. The zero-order chi connectivity index (χ0) is 27.5. The van der Waals surface area contributed by atoms with Gasteiger partial charge in [0, 0.05) is 40.1 Å². The zero-order valence-electron chi connectivity index (χ0n) is 20.5. The predicted molar refractivity (Wildman–Crippen MR) is 150 cm³/mol. The van der Waals surface area contributed by atoms with Gasteiger partial charge in [-0.3, -0.25) is 9.52 Å². The number of carbonyl (C=O) groups excluding carboxylic acids is 1. The Kier molecular flexibility index (Phi) is 8.68. The number of piperidine rings is 1. The molecule has 4 rings (SSSR count). The van der Waals surface area contributed by atoms with Gasteiger partial charge in [0.15, 0.2) is 0 Å². The van der Waals surface area contributed by atoms with E-state index in [1.54, 1.807) is 36.4 Å². The number of nitrogens with zero attached hydrogens (tertiary/aromatic N) is 1. The third-order valence-electron chi connectivity index (χ3n) is 6.24. The lowest BCUT2D eigenvalue weighted by molar-refractivity contribution is -0.120. The van der Waals surface area contributed by atoms with Crippen LogP contribution in [0, 0.1) is 12.8 Å². The van der Waals surface area contributed by atoms with Crippen LogP contribution < -0.4 is 10.0 Å². The molecule has 8 nitrogen and oxygen atoms in total. The fourth-order valence-electron chi connectivity index (χ4n) is 4.24. The first-order valence-electron chi connectivity index (χ1n) is 11.9. The van der Waals surface area contributed by atoms with E-state index >= 15 is 0 Å². The van der Waals surface area contributed by atoms with Gasteiger partial charge < -0.3 is 5.32 Å². The predicted octanol–water partition coefficient (Wildman–Crippen LogP) is 5.28. The fraction of sp³-hybridized carbons (Fsp3) is 0.269. The average molecular weight is 597 g/mol. The molecule has 0 aliphatic carbocycles. The third-order valence-corrected chi connectivity index (χ3v) is 10.1. The Bertz CT molecular complexity index is 1530. The number of rotatable bonds is 8. The number of amides is 1. The first kappa shape index (κ1) is 28.4. The fourth-order valence-corrected chi connectivity index (χ4v) is 7.65. The van der Waals surface area contributed by atoms with Crippen molar-refractivity contribution in [2.24, 2.45) is 5.92 Å². The molecule has 12 heteroatoms. The summed E-state index contributed by atoms with van der Waals surface area (Å²) in [5.41, 5.74) is 2.11. The van der Waals surface area contributed by atoms with Crippen LogP contribution >= 0.6 is 23.2 Å². The lowest BCUT2D eigenvalue weighted by Gasteiger charge is -2.31. The van der Waals surface area contributed by atoms with Gasteiger partial charge in [-0.2, -0.15) is 0 Å². The van der Waals surface area contributed by atoms with E-state index in [1.165, 1.54) is 28.6 Å². The van der Waals surface area contributed by atoms with Crippen LogP contribution in [-0.2, 0) is 30.6 Å². The number of halogens is 2. The summed E-state index contributed by atoms with van der Waals surface area (Å²) in [4.78, 5) is 13.0. The molecule has 0 bridgehead atoms. The van der Waals surface area contributed by atoms with E-state index in [0.717, 1.165) is 5.56 Å². The lowest BCUT2D eigenvalue weighted by atomic mass is 9.99. The Morgan fingerprint density at radius 3 is 2.26 bits per heavy atom. The average Bonchev–Trinajstić information content (AvgIpc) is 2.86. The summed E-state index contributed by atoms with van der Waals surface area (Å²) in [5, 5.41) is 3.31. The van der Waals surface area contributed by atoms with Crippen molar-refractivity contribution in [1.82, 2.24) is 4.31 Å². The molecule has 1 saturated heterocycles. The van der Waals surface area contributed by atoms with Crippen LogP contribution in [0.3, 0.4) is 0 Å². The second-order valence-electron chi connectivity index (χ2n) is 9.14. The van der Waals surface area contributed by atoms with Crippen molar-refractivity contribution in [2.75, 3.05) is 23.1 Å². The second kappa shape index (κ2) is 11.6. The number of aryl methyl sites for hydroxylation is 1. The van der Waals surface area contributed by atoms with Gasteiger partial charge in [-0.1, -0.05) is 41.4 Å². The number of sulfonamides is 2. The molecule has 3 aromatic carbocycles. The number of carbonyl (C=O) groups is 1. The van der Waals surface area contributed by atoms with Gasteiger partial charge in [-0.25, -0.2) is 21.1 Å². The molecule has 38 heavy (non-hydrogen) atoms. The minimum atomic E-state index is -3.81. The summed E-state index contributed by atoms with van der Waals surface area (Å²) in [6.07, 6.45) is 1.05. The van der Waals surface area contributed by atoms with Crippen LogP contribution in [-0.4, -0.2) is 40.1 Å². The zero-order valence-corrected chi connectivity index (χ0v) is 23.7. The SMILES string of the molecule is Cc1cccc(NS(=O)(=O)c2ccc(NC(=O)[C@@H]3CCCN(S(=O)(=O)Cc4c(Cl)cccc4Cl)C3)cc2)c1. The largest absolute Gasteiger partial charge is 0.326 e. The number of hydrogen-bond acceptors (Lipinski definition) is 5. The van der Waals surface area contributed by atoms with Crippen molar-refractivity contribution in [3.8, 4) is 0 Å². The Labute approximate surface area is 233 Å². The Morgan fingerprint density at radius 2 is 1.61 bits per heavy atom. The van der Waals surface area contributed by atoms with E-state index in [2.05, 4.69) is 10.0 Å². The van der Waals surface area contributed by atoms with Crippen molar-refractivity contribution in [1.29, 1.82) is 0 Å². The molecule has 0 saturated carbocycles. The smallest absolute Gasteiger partial charge is 0.261 e. The monoisotopic (exact) mass is 595 g/mol. The number of benzene rings is 3. The highest BCUT2D eigenvalue weighted by molar-refractivity contribution is 7.92. The first-order valence-corrected chi connectivity index (χ1v) is 15.7. The van der Waals surface area contributed by atoms with E-state index in [0.29, 0.717) is 36.3 Å². The minimum absolute atomic E-state index is 0.0309. The quantitative estimate of drug-likeness (QED) is 0.367. The van der Waals surface area contributed by atoms with Gasteiger partial charge in [0.05, 0.1) is 16.6 Å². The van der Waals surface area contributed by atoms with Crippen molar-refractivity contribution < 1.29 is 21.6 Å². The molecule has 1 aliphatic heterocycles. The number of anilines is 2. The molecule has 2 N–H and O–H groups in total. The van der Waals surface area contributed by atoms with Gasteiger partial charge in [-0.15, -0.1) is 0 Å². The van der Waals surface area contributed by atoms with E-state index < -0.39 is 26.0 Å². The molecule has 1 aliphatic rings. The maximum Gasteiger partial charge on any atom is 0.261 e. The molecule has 0 spiro atoms. The molecule has 1 atom stereocenters.